The summed E-state index contributed by atoms with van der Waals surface area (Å²) >= 11 is 0. The predicted molar refractivity (Wildman–Crippen MR) is 99.1 cm³/mol. The number of hydrogen-bond donors (Lipinski definition) is 1. The fourth-order valence-electron chi connectivity index (χ4n) is 4.54. The third-order valence-electron chi connectivity index (χ3n) is 5.99. The molecule has 4 rings (SSSR count). The van der Waals surface area contributed by atoms with E-state index in [2.05, 4.69) is 54.4 Å². The van der Waals surface area contributed by atoms with E-state index in [1.165, 1.54) is 24.0 Å². The van der Waals surface area contributed by atoms with E-state index in [-0.39, 0.29) is 5.41 Å². The Morgan fingerprint density at radius 3 is 2.71 bits per heavy atom. The Labute approximate surface area is 144 Å². The second-order valence-corrected chi connectivity index (χ2v) is 7.41. The van der Waals surface area contributed by atoms with Crippen LogP contribution in [-0.4, -0.2) is 29.6 Å². The number of benzene rings is 2. The number of phenolic OH excluding ortho intramolecular Hbond substituents is 1. The molecule has 1 saturated heterocycles. The van der Waals surface area contributed by atoms with E-state index in [9.17, 15) is 5.11 Å². The zero-order valence-corrected chi connectivity index (χ0v) is 14.3. The third-order valence-corrected chi connectivity index (χ3v) is 5.99. The Balaban J connectivity index is 1.67. The predicted octanol–water partition coefficient (Wildman–Crippen LogP) is 4.60. The van der Waals surface area contributed by atoms with Gasteiger partial charge in [-0.05, 0) is 68.0 Å². The zero-order chi connectivity index (χ0) is 16.6. The van der Waals surface area contributed by atoms with Crippen LogP contribution >= 0.6 is 0 Å². The molecule has 2 bridgehead atoms. The smallest absolute Gasteiger partial charge is 0.115 e. The molecule has 2 atom stereocenters. The van der Waals surface area contributed by atoms with Crippen LogP contribution in [0.15, 0.2) is 60.2 Å². The molecule has 1 N–H and O–H groups in total. The summed E-state index contributed by atoms with van der Waals surface area (Å²) in [7, 11) is 2.25. The number of nitrogens with zero attached hydrogens (tertiary/aromatic N) is 1. The fourth-order valence-corrected chi connectivity index (χ4v) is 4.54. The standard InChI is InChI=1S/C22H25NO/c1-23-13-12-22(19-8-5-9-20(24)15-19)11-10-18(21(23)16-22)14-17-6-3-2-4-7-17/h2-9,14-15,21,24H,10-13,16H2,1H3/b18-14-/t21-,22+/m0/s1. The van der Waals surface area contributed by atoms with Crippen LogP contribution in [0, 0.1) is 0 Å². The minimum absolute atomic E-state index is 0.226. The number of rotatable bonds is 2. The first kappa shape index (κ1) is 15.5. The van der Waals surface area contributed by atoms with Crippen molar-refractivity contribution >= 4 is 6.08 Å². The molecule has 0 amide bonds. The van der Waals surface area contributed by atoms with Crippen LogP contribution in [0.25, 0.3) is 6.08 Å². The summed E-state index contributed by atoms with van der Waals surface area (Å²) in [5, 5.41) is 9.91. The van der Waals surface area contributed by atoms with Gasteiger partial charge in [0.05, 0.1) is 0 Å². The van der Waals surface area contributed by atoms with Crippen molar-refractivity contribution in [1.82, 2.24) is 4.90 Å². The van der Waals surface area contributed by atoms with Gasteiger partial charge in [0.15, 0.2) is 0 Å². The van der Waals surface area contributed by atoms with Gasteiger partial charge < -0.3 is 5.11 Å². The van der Waals surface area contributed by atoms with Gasteiger partial charge in [-0.2, -0.15) is 0 Å². The molecule has 1 aliphatic carbocycles. The highest BCUT2D eigenvalue weighted by Gasteiger charge is 2.44. The first-order chi connectivity index (χ1) is 11.7. The molecule has 2 nitrogen and oxygen atoms in total. The molecular formula is C22H25NO. The molecule has 2 aromatic rings. The first-order valence-corrected chi connectivity index (χ1v) is 8.92. The Kier molecular flexibility index (Phi) is 3.93. The summed E-state index contributed by atoms with van der Waals surface area (Å²) in [6.07, 6.45) is 7.05. The summed E-state index contributed by atoms with van der Waals surface area (Å²) in [4.78, 5) is 2.51. The van der Waals surface area contributed by atoms with Crippen LogP contribution in [0.3, 0.4) is 0 Å². The molecule has 0 unspecified atom stereocenters. The molecule has 0 radical (unpaired) electrons. The van der Waals surface area contributed by atoms with E-state index in [0.29, 0.717) is 11.8 Å². The highest BCUT2D eigenvalue weighted by molar-refractivity contribution is 5.55. The van der Waals surface area contributed by atoms with Crippen LogP contribution < -0.4 is 0 Å². The van der Waals surface area contributed by atoms with Crippen LogP contribution in [0.5, 0.6) is 5.75 Å². The summed E-state index contributed by atoms with van der Waals surface area (Å²) in [6, 6.07) is 19.1. The Bertz CT molecular complexity index is 752. The van der Waals surface area contributed by atoms with E-state index >= 15 is 0 Å². The molecule has 2 aliphatic rings. The van der Waals surface area contributed by atoms with Crippen LogP contribution in [0.2, 0.25) is 0 Å². The lowest BCUT2D eigenvalue weighted by Crippen LogP contribution is -2.51. The van der Waals surface area contributed by atoms with Crippen molar-refractivity contribution in [3.63, 3.8) is 0 Å². The van der Waals surface area contributed by atoms with Crippen LogP contribution in [0.1, 0.15) is 36.8 Å². The molecule has 124 valence electrons. The first-order valence-electron chi connectivity index (χ1n) is 8.92. The zero-order valence-electron chi connectivity index (χ0n) is 14.3. The van der Waals surface area contributed by atoms with E-state index in [1.54, 1.807) is 11.6 Å². The number of hydrogen-bond acceptors (Lipinski definition) is 2. The molecule has 1 heterocycles. The third kappa shape index (κ3) is 2.76. The van der Waals surface area contributed by atoms with Gasteiger partial charge in [-0.15, -0.1) is 0 Å². The molecule has 0 aromatic heterocycles. The Morgan fingerprint density at radius 2 is 1.92 bits per heavy atom. The highest BCUT2D eigenvalue weighted by atomic mass is 16.3. The fraction of sp³-hybridized carbons (Fsp3) is 0.364. The van der Waals surface area contributed by atoms with Gasteiger partial charge in [0, 0.05) is 6.04 Å². The molecule has 2 fully saturated rings. The average molecular weight is 319 g/mol. The summed E-state index contributed by atoms with van der Waals surface area (Å²) < 4.78 is 0. The molecule has 1 saturated carbocycles. The molecule has 24 heavy (non-hydrogen) atoms. The van der Waals surface area contributed by atoms with Crippen molar-refractivity contribution in [2.45, 2.75) is 37.1 Å². The van der Waals surface area contributed by atoms with Crippen LogP contribution in [0.4, 0.5) is 0 Å². The van der Waals surface area contributed by atoms with E-state index in [4.69, 9.17) is 0 Å². The van der Waals surface area contributed by atoms with Gasteiger partial charge in [0.1, 0.15) is 5.75 Å². The monoisotopic (exact) mass is 319 g/mol. The minimum Gasteiger partial charge on any atom is -0.508 e. The van der Waals surface area contributed by atoms with Crippen molar-refractivity contribution in [2.24, 2.45) is 0 Å². The van der Waals surface area contributed by atoms with Crippen molar-refractivity contribution in [3.8, 4) is 5.75 Å². The van der Waals surface area contributed by atoms with E-state index in [0.717, 1.165) is 19.4 Å². The SMILES string of the molecule is CN1CC[C@]2(c3cccc(O)c3)CC/C(=C/c3ccccc3)[C@@H]1C2. The maximum atomic E-state index is 9.91. The molecule has 1 aliphatic heterocycles. The normalized spacial score (nSPS) is 28.9. The van der Waals surface area contributed by atoms with E-state index in [1.807, 2.05) is 12.1 Å². The van der Waals surface area contributed by atoms with E-state index < -0.39 is 0 Å². The van der Waals surface area contributed by atoms with Crippen molar-refractivity contribution in [2.75, 3.05) is 13.6 Å². The second-order valence-electron chi connectivity index (χ2n) is 7.41. The summed E-state index contributed by atoms with van der Waals surface area (Å²) in [5.41, 5.74) is 4.40. The highest BCUT2D eigenvalue weighted by Crippen LogP contribution is 2.49. The number of phenols is 1. The molecule has 2 aromatic carbocycles. The van der Waals surface area contributed by atoms with Crippen molar-refractivity contribution < 1.29 is 5.11 Å². The lowest BCUT2D eigenvalue weighted by atomic mass is 9.62. The molecular weight excluding hydrogens is 294 g/mol. The quantitative estimate of drug-likeness (QED) is 0.874. The lowest BCUT2D eigenvalue weighted by molar-refractivity contribution is 0.108. The number of aromatic hydroxyl groups is 1. The molecule has 0 spiro atoms. The maximum Gasteiger partial charge on any atom is 0.115 e. The number of piperidine rings is 1. The van der Waals surface area contributed by atoms with Crippen LogP contribution in [-0.2, 0) is 5.41 Å². The summed E-state index contributed by atoms with van der Waals surface area (Å²) in [6.45, 7) is 1.12. The number of likely N-dealkylation sites (N-methyl/N-ethyl adjacent to an activating group) is 1. The van der Waals surface area contributed by atoms with Gasteiger partial charge in [0.2, 0.25) is 0 Å². The van der Waals surface area contributed by atoms with Gasteiger partial charge in [-0.25, -0.2) is 0 Å². The van der Waals surface area contributed by atoms with Gasteiger partial charge in [-0.1, -0.05) is 54.1 Å². The summed E-state index contributed by atoms with van der Waals surface area (Å²) in [5.74, 6) is 0.392. The maximum absolute atomic E-state index is 9.91. The second kappa shape index (κ2) is 6.10. The Morgan fingerprint density at radius 1 is 1.08 bits per heavy atom. The largest absolute Gasteiger partial charge is 0.508 e. The molecule has 2 heteroatoms. The van der Waals surface area contributed by atoms with Gasteiger partial charge in [-0.3, -0.25) is 4.90 Å². The van der Waals surface area contributed by atoms with Gasteiger partial charge in [0.25, 0.3) is 0 Å². The number of likely N-dealkylation sites (tertiary alicyclic amines) is 1. The van der Waals surface area contributed by atoms with Gasteiger partial charge >= 0.3 is 0 Å². The Hall–Kier alpha value is -2.06. The topological polar surface area (TPSA) is 23.5 Å². The average Bonchev–Trinajstić information content (AvgIpc) is 2.61. The minimum atomic E-state index is 0.226. The number of fused-ring (bicyclic) bond motifs is 2. The van der Waals surface area contributed by atoms with Crippen molar-refractivity contribution in [1.29, 1.82) is 0 Å². The lowest BCUT2D eigenvalue weighted by Gasteiger charge is -2.51. The van der Waals surface area contributed by atoms with Crippen molar-refractivity contribution in [3.05, 3.63) is 71.3 Å².